The van der Waals surface area contributed by atoms with Gasteiger partial charge in [0.1, 0.15) is 0 Å². The highest BCUT2D eigenvalue weighted by molar-refractivity contribution is 6.00. The van der Waals surface area contributed by atoms with Crippen molar-refractivity contribution in [1.82, 2.24) is 24.9 Å². The van der Waals surface area contributed by atoms with Crippen molar-refractivity contribution in [2.45, 2.75) is 0 Å². The molecule has 0 atom stereocenters. The van der Waals surface area contributed by atoms with Crippen LogP contribution >= 0.6 is 0 Å². The molecule has 0 aliphatic rings. The molecule has 8 aromatic carbocycles. The summed E-state index contributed by atoms with van der Waals surface area (Å²) in [7, 11) is 0. The van der Waals surface area contributed by atoms with Crippen molar-refractivity contribution < 1.29 is 0 Å². The van der Waals surface area contributed by atoms with Gasteiger partial charge in [0.25, 0.3) is 0 Å². The van der Waals surface area contributed by atoms with Crippen molar-refractivity contribution in [3.05, 3.63) is 212 Å². The third kappa shape index (κ3) is 6.97. The van der Waals surface area contributed by atoms with Crippen molar-refractivity contribution in [1.29, 1.82) is 5.26 Å². The van der Waals surface area contributed by atoms with E-state index >= 15 is 0 Å². The molecule has 0 amide bonds. The quantitative estimate of drug-likeness (QED) is 0.153. The molecule has 0 N–H and O–H groups in total. The van der Waals surface area contributed by atoms with Gasteiger partial charge in [-0.15, -0.1) is 0 Å². The fourth-order valence-corrected chi connectivity index (χ4v) is 7.71. The van der Waals surface area contributed by atoms with Crippen LogP contribution in [0.3, 0.4) is 0 Å². The molecule has 0 radical (unpaired) electrons. The molecule has 0 fully saturated rings. The van der Waals surface area contributed by atoms with E-state index in [9.17, 15) is 5.26 Å². The average Bonchev–Trinajstić information content (AvgIpc) is 3.34. The van der Waals surface area contributed by atoms with Crippen LogP contribution in [0.25, 0.3) is 101 Å². The maximum Gasteiger partial charge on any atom is 0.164 e. The number of nitrogens with zero attached hydrogens (tertiary/aromatic N) is 6. The number of nitriles is 1. The van der Waals surface area contributed by atoms with Crippen LogP contribution in [0.4, 0.5) is 0 Å². The summed E-state index contributed by atoms with van der Waals surface area (Å²) in [6.07, 6.45) is 0. The van der Waals surface area contributed by atoms with Crippen LogP contribution < -0.4 is 0 Å². The Labute approximate surface area is 347 Å². The summed E-state index contributed by atoms with van der Waals surface area (Å²) < 4.78 is 0. The molecule has 2 aromatic heterocycles. The molecule has 6 heteroatoms. The van der Waals surface area contributed by atoms with Crippen LogP contribution in [0.1, 0.15) is 5.56 Å². The Morgan fingerprint density at radius 2 is 0.783 bits per heavy atom. The molecule has 0 aliphatic carbocycles. The highest BCUT2D eigenvalue weighted by Crippen LogP contribution is 2.42. The first-order chi connectivity index (χ1) is 29.7. The van der Waals surface area contributed by atoms with Gasteiger partial charge in [-0.3, -0.25) is 0 Å². The molecule has 10 aromatic rings. The van der Waals surface area contributed by atoms with Gasteiger partial charge in [0.2, 0.25) is 0 Å². The minimum atomic E-state index is 0.538. The first-order valence-electron chi connectivity index (χ1n) is 19.7. The lowest BCUT2D eigenvalue weighted by Crippen LogP contribution is -2.01. The highest BCUT2D eigenvalue weighted by Gasteiger charge is 2.20. The largest absolute Gasteiger partial charge is 0.228 e. The lowest BCUT2D eigenvalue weighted by molar-refractivity contribution is 1.07. The summed E-state index contributed by atoms with van der Waals surface area (Å²) in [6, 6.07) is 71.7. The van der Waals surface area contributed by atoms with E-state index in [2.05, 4.69) is 78.9 Å². The van der Waals surface area contributed by atoms with E-state index in [4.69, 9.17) is 24.9 Å². The molecule has 10 rings (SSSR count). The predicted molar refractivity (Wildman–Crippen MR) is 241 cm³/mol. The molecule has 0 unspecified atom stereocenters. The smallest absolute Gasteiger partial charge is 0.164 e. The fraction of sp³-hybridized carbons (Fsp3) is 0. The van der Waals surface area contributed by atoms with Crippen molar-refractivity contribution >= 4 is 10.9 Å². The topological polar surface area (TPSA) is 88.2 Å². The average molecular weight is 767 g/mol. The molecule has 6 nitrogen and oxygen atoms in total. The third-order valence-corrected chi connectivity index (χ3v) is 10.6. The van der Waals surface area contributed by atoms with Crippen molar-refractivity contribution in [2.24, 2.45) is 0 Å². The summed E-state index contributed by atoms with van der Waals surface area (Å²) >= 11 is 0. The third-order valence-electron chi connectivity index (χ3n) is 10.6. The molecule has 60 heavy (non-hydrogen) atoms. The standard InChI is InChI=1S/C54H34N6/c55-35-42-23-10-11-26-43(42)39-24-16-25-40(33-39)53-58-52(38-21-8-3-9-22-38)59-54(60-53)41-31-32-45(48(34-41)36-17-4-1-5-18-36)44-27-12-13-28-46(44)50-47-29-14-15-30-49(47)56-51(57-50)37-19-6-2-7-20-37/h1-34H. The number of para-hydroxylation sites is 1. The second-order valence-corrected chi connectivity index (χ2v) is 14.4. The maximum atomic E-state index is 9.87. The Morgan fingerprint density at radius 1 is 0.300 bits per heavy atom. The predicted octanol–water partition coefficient (Wildman–Crippen LogP) is 13.0. The van der Waals surface area contributed by atoms with Crippen molar-refractivity contribution in [3.8, 4) is 96.3 Å². The van der Waals surface area contributed by atoms with Gasteiger partial charge in [-0.1, -0.05) is 182 Å². The second kappa shape index (κ2) is 15.9. The number of aromatic nitrogens is 5. The van der Waals surface area contributed by atoms with Crippen molar-refractivity contribution in [3.63, 3.8) is 0 Å². The van der Waals surface area contributed by atoms with Gasteiger partial charge in [0, 0.05) is 33.2 Å². The lowest BCUT2D eigenvalue weighted by atomic mass is 9.88. The lowest BCUT2D eigenvalue weighted by Gasteiger charge is -2.17. The van der Waals surface area contributed by atoms with Gasteiger partial charge < -0.3 is 0 Å². The van der Waals surface area contributed by atoms with Gasteiger partial charge in [0.15, 0.2) is 23.3 Å². The molecular formula is C54H34N6. The second-order valence-electron chi connectivity index (χ2n) is 14.4. The highest BCUT2D eigenvalue weighted by atomic mass is 15.0. The van der Waals surface area contributed by atoms with Crippen LogP contribution in [0.2, 0.25) is 0 Å². The van der Waals surface area contributed by atoms with E-state index in [1.54, 1.807) is 0 Å². The van der Waals surface area contributed by atoms with Crippen molar-refractivity contribution in [2.75, 3.05) is 0 Å². The zero-order valence-electron chi connectivity index (χ0n) is 32.3. The van der Waals surface area contributed by atoms with E-state index < -0.39 is 0 Å². The van der Waals surface area contributed by atoms with Gasteiger partial charge >= 0.3 is 0 Å². The Bertz CT molecular complexity index is 3210. The number of fused-ring (bicyclic) bond motifs is 1. The molecule has 0 saturated heterocycles. The number of rotatable bonds is 8. The van der Waals surface area contributed by atoms with Crippen LogP contribution in [0.15, 0.2) is 206 Å². The van der Waals surface area contributed by atoms with Crippen LogP contribution in [0, 0.1) is 11.3 Å². The Hall–Kier alpha value is -8.40. The minimum absolute atomic E-state index is 0.538. The number of benzene rings is 8. The maximum absolute atomic E-state index is 9.87. The van der Waals surface area contributed by atoms with Gasteiger partial charge in [-0.25, -0.2) is 24.9 Å². The molecule has 0 saturated carbocycles. The van der Waals surface area contributed by atoms with Crippen LogP contribution in [-0.4, -0.2) is 24.9 Å². The molecule has 280 valence electrons. The first kappa shape index (κ1) is 36.0. The fourth-order valence-electron chi connectivity index (χ4n) is 7.71. The Kier molecular flexibility index (Phi) is 9.51. The Balaban J connectivity index is 1.15. The van der Waals surface area contributed by atoms with Crippen LogP contribution in [0.5, 0.6) is 0 Å². The van der Waals surface area contributed by atoms with E-state index in [1.807, 2.05) is 133 Å². The summed E-state index contributed by atoms with van der Waals surface area (Å²) in [6.45, 7) is 0. The number of hydrogen-bond acceptors (Lipinski definition) is 6. The molecule has 0 bridgehead atoms. The van der Waals surface area contributed by atoms with E-state index in [-0.39, 0.29) is 0 Å². The van der Waals surface area contributed by atoms with E-state index in [1.165, 1.54) is 0 Å². The first-order valence-corrected chi connectivity index (χ1v) is 19.7. The van der Waals surface area contributed by atoms with Gasteiger partial charge in [0.05, 0.1) is 22.8 Å². The van der Waals surface area contributed by atoms with E-state index in [0.29, 0.717) is 28.9 Å². The molecular weight excluding hydrogens is 733 g/mol. The molecule has 2 heterocycles. The normalized spacial score (nSPS) is 11.0. The minimum Gasteiger partial charge on any atom is -0.228 e. The van der Waals surface area contributed by atoms with Gasteiger partial charge in [-0.05, 0) is 57.6 Å². The zero-order valence-corrected chi connectivity index (χ0v) is 32.3. The molecule has 0 spiro atoms. The van der Waals surface area contributed by atoms with E-state index in [0.717, 1.165) is 77.8 Å². The summed E-state index contributed by atoms with van der Waals surface area (Å²) in [5.74, 6) is 2.33. The monoisotopic (exact) mass is 766 g/mol. The summed E-state index contributed by atoms with van der Waals surface area (Å²) in [5.41, 5.74) is 12.8. The van der Waals surface area contributed by atoms with Gasteiger partial charge in [-0.2, -0.15) is 5.26 Å². The SMILES string of the molecule is N#Cc1ccccc1-c1cccc(-c2nc(-c3ccccc3)nc(-c3ccc(-c4ccccc4-c4nc(-c5ccccc5)nc5ccccc45)c(-c4ccccc4)c3)n2)c1. The molecule has 0 aliphatic heterocycles. The summed E-state index contributed by atoms with van der Waals surface area (Å²) in [4.78, 5) is 25.5. The van der Waals surface area contributed by atoms with Crippen LogP contribution in [-0.2, 0) is 0 Å². The Morgan fingerprint density at radius 3 is 1.47 bits per heavy atom. The number of hydrogen-bond donors (Lipinski definition) is 0. The zero-order chi connectivity index (χ0) is 40.3. The summed E-state index contributed by atoms with van der Waals surface area (Å²) in [5, 5.41) is 10.8.